The van der Waals surface area contributed by atoms with Crippen LogP contribution < -0.4 is 0 Å². The highest BCUT2D eigenvalue weighted by Gasteiger charge is 2.48. The number of likely N-dealkylation sites (tertiary alicyclic amines) is 1. The van der Waals surface area contributed by atoms with Gasteiger partial charge in [0.25, 0.3) is 0 Å². The molecule has 1 aliphatic heterocycles. The van der Waals surface area contributed by atoms with Crippen molar-refractivity contribution in [1.82, 2.24) is 4.90 Å². The summed E-state index contributed by atoms with van der Waals surface area (Å²) in [5.74, 6) is -0.469. The molecule has 2 rings (SSSR count). The number of halogens is 2. The molecule has 0 N–H and O–H groups in total. The third-order valence-corrected chi connectivity index (χ3v) is 4.61. The number of nitrogens with zero attached hydrogens (tertiary/aromatic N) is 1. The van der Waals surface area contributed by atoms with Gasteiger partial charge in [0.2, 0.25) is 0 Å². The number of rotatable bonds is 5. The molecule has 0 bridgehead atoms. The van der Waals surface area contributed by atoms with Gasteiger partial charge in [0.15, 0.2) is 0 Å². The molecule has 1 fully saturated rings. The fraction of sp³-hybridized carbons (Fsp3) is 0.611. The number of ether oxygens (including phenoxy) is 1. The molecule has 0 spiro atoms. The zero-order valence-corrected chi connectivity index (χ0v) is 13.9. The highest BCUT2D eigenvalue weighted by atomic mass is 19.2. The van der Waals surface area contributed by atoms with E-state index in [0.29, 0.717) is 6.42 Å². The highest BCUT2D eigenvalue weighted by molar-refractivity contribution is 5.76. The molecule has 0 amide bonds. The molecule has 0 saturated carbocycles. The fourth-order valence-corrected chi connectivity index (χ4v) is 3.45. The number of carbonyl (C=O) groups is 1. The lowest BCUT2D eigenvalue weighted by Gasteiger charge is -2.46. The third kappa shape index (κ3) is 3.71. The van der Waals surface area contributed by atoms with Crippen LogP contribution in [-0.4, -0.2) is 41.9 Å². The quantitative estimate of drug-likeness (QED) is 0.770. The Kier molecular flexibility index (Phi) is 6.10. The summed E-state index contributed by atoms with van der Waals surface area (Å²) >= 11 is 0. The van der Waals surface area contributed by atoms with Crippen LogP contribution in [0.4, 0.5) is 8.78 Å². The van der Waals surface area contributed by atoms with Crippen LogP contribution in [0.1, 0.15) is 45.2 Å². The maximum absolute atomic E-state index is 14.4. The van der Waals surface area contributed by atoms with Gasteiger partial charge in [-0.05, 0) is 25.8 Å². The maximum atomic E-state index is 14.4. The van der Waals surface area contributed by atoms with E-state index in [9.17, 15) is 13.6 Å². The second-order valence-corrected chi connectivity index (χ2v) is 5.97. The van der Waals surface area contributed by atoms with Crippen molar-refractivity contribution in [1.29, 1.82) is 0 Å². The van der Waals surface area contributed by atoms with E-state index in [4.69, 9.17) is 4.74 Å². The topological polar surface area (TPSA) is 29.5 Å². The van der Waals surface area contributed by atoms with Crippen LogP contribution in [0.15, 0.2) is 30.3 Å². The average Bonchev–Trinajstić information content (AvgIpc) is 2.57. The zero-order valence-electron chi connectivity index (χ0n) is 13.9. The minimum Gasteiger partial charge on any atom is -0.465 e. The SMILES string of the molecule is CCOC(=O)[C@H]1CC(F)[C@H](F)C(CC)N1[C@@H](C)c1ccccc1. The lowest BCUT2D eigenvalue weighted by atomic mass is 9.88. The number of carbonyl (C=O) groups excluding carboxylic acids is 1. The van der Waals surface area contributed by atoms with Crippen LogP contribution in [0.5, 0.6) is 0 Å². The molecule has 1 aliphatic rings. The van der Waals surface area contributed by atoms with Crippen molar-refractivity contribution in [3.05, 3.63) is 35.9 Å². The zero-order chi connectivity index (χ0) is 17.0. The molecule has 5 heteroatoms. The average molecular weight is 325 g/mol. The van der Waals surface area contributed by atoms with E-state index in [-0.39, 0.29) is 19.1 Å². The molecule has 1 aromatic carbocycles. The smallest absolute Gasteiger partial charge is 0.323 e. The summed E-state index contributed by atoms with van der Waals surface area (Å²) in [4.78, 5) is 14.1. The van der Waals surface area contributed by atoms with E-state index >= 15 is 0 Å². The van der Waals surface area contributed by atoms with Gasteiger partial charge in [0, 0.05) is 18.5 Å². The predicted molar refractivity (Wildman–Crippen MR) is 85.6 cm³/mol. The lowest BCUT2D eigenvalue weighted by Crippen LogP contribution is -2.59. The van der Waals surface area contributed by atoms with Gasteiger partial charge >= 0.3 is 5.97 Å². The molecule has 128 valence electrons. The van der Waals surface area contributed by atoms with Crippen molar-refractivity contribution in [3.63, 3.8) is 0 Å². The highest BCUT2D eigenvalue weighted by Crippen LogP contribution is 2.37. The first-order valence-corrected chi connectivity index (χ1v) is 8.28. The molecule has 1 aromatic rings. The molecule has 3 nitrogen and oxygen atoms in total. The summed E-state index contributed by atoms with van der Waals surface area (Å²) in [6, 6.07) is 8.01. The van der Waals surface area contributed by atoms with Crippen LogP contribution in [0, 0.1) is 0 Å². The molecule has 1 heterocycles. The summed E-state index contributed by atoms with van der Waals surface area (Å²) < 4.78 is 33.6. The molecule has 2 unspecified atom stereocenters. The first kappa shape index (κ1) is 17.9. The van der Waals surface area contributed by atoms with Crippen LogP contribution >= 0.6 is 0 Å². The van der Waals surface area contributed by atoms with Crippen LogP contribution in [-0.2, 0) is 9.53 Å². The Morgan fingerprint density at radius 2 is 1.96 bits per heavy atom. The second-order valence-electron chi connectivity index (χ2n) is 5.97. The summed E-state index contributed by atoms with van der Waals surface area (Å²) in [5, 5.41) is 0. The van der Waals surface area contributed by atoms with Gasteiger partial charge in [-0.2, -0.15) is 0 Å². The monoisotopic (exact) mass is 325 g/mol. The summed E-state index contributed by atoms with van der Waals surface area (Å²) in [6.07, 6.45) is -2.94. The summed E-state index contributed by atoms with van der Waals surface area (Å²) in [6.45, 7) is 5.70. The van der Waals surface area contributed by atoms with Gasteiger partial charge in [-0.25, -0.2) is 8.78 Å². The molecular weight excluding hydrogens is 300 g/mol. The molecule has 5 atom stereocenters. The van der Waals surface area contributed by atoms with E-state index in [1.807, 2.05) is 44.2 Å². The van der Waals surface area contributed by atoms with Gasteiger partial charge in [0.05, 0.1) is 6.61 Å². The predicted octanol–water partition coefficient (Wildman–Crippen LogP) is 3.84. The van der Waals surface area contributed by atoms with Gasteiger partial charge < -0.3 is 4.74 Å². The Labute approximate surface area is 136 Å². The molecule has 0 aromatic heterocycles. The van der Waals surface area contributed by atoms with Crippen molar-refractivity contribution >= 4 is 5.97 Å². The number of piperidine rings is 1. The Morgan fingerprint density at radius 1 is 1.30 bits per heavy atom. The molecule has 23 heavy (non-hydrogen) atoms. The Hall–Kier alpha value is -1.49. The number of hydrogen-bond donors (Lipinski definition) is 0. The standard InChI is InChI=1S/C18H25F2NO2/c1-4-15-17(20)14(19)11-16(18(22)23-5-2)21(15)12(3)13-9-7-6-8-10-13/h6-10,12,14-17H,4-5,11H2,1-3H3/t12-,14?,15?,16+,17-/m0/s1. The van der Waals surface area contributed by atoms with Crippen molar-refractivity contribution < 1.29 is 18.3 Å². The molecule has 0 radical (unpaired) electrons. The number of alkyl halides is 2. The maximum Gasteiger partial charge on any atom is 0.323 e. The molecule has 1 saturated heterocycles. The van der Waals surface area contributed by atoms with Crippen molar-refractivity contribution in [3.8, 4) is 0 Å². The van der Waals surface area contributed by atoms with Crippen molar-refractivity contribution in [2.45, 2.75) is 64.1 Å². The number of hydrogen-bond acceptors (Lipinski definition) is 3. The molecular formula is C18H25F2NO2. The van der Waals surface area contributed by atoms with Gasteiger partial charge in [-0.15, -0.1) is 0 Å². The Morgan fingerprint density at radius 3 is 2.52 bits per heavy atom. The van der Waals surface area contributed by atoms with E-state index in [1.54, 1.807) is 11.8 Å². The third-order valence-electron chi connectivity index (χ3n) is 4.61. The van der Waals surface area contributed by atoms with Crippen LogP contribution in [0.25, 0.3) is 0 Å². The van der Waals surface area contributed by atoms with Gasteiger partial charge in [-0.1, -0.05) is 37.3 Å². The Balaban J connectivity index is 2.36. The number of benzene rings is 1. The summed E-state index contributed by atoms with van der Waals surface area (Å²) in [5.41, 5.74) is 0.977. The normalized spacial score (nSPS) is 30.0. The van der Waals surface area contributed by atoms with Crippen molar-refractivity contribution in [2.75, 3.05) is 6.61 Å². The number of esters is 1. The van der Waals surface area contributed by atoms with Gasteiger partial charge in [-0.3, -0.25) is 9.69 Å². The second kappa shape index (κ2) is 7.86. The van der Waals surface area contributed by atoms with E-state index in [0.717, 1.165) is 5.56 Å². The van der Waals surface area contributed by atoms with E-state index < -0.39 is 30.4 Å². The van der Waals surface area contributed by atoms with Crippen molar-refractivity contribution in [2.24, 2.45) is 0 Å². The molecule has 0 aliphatic carbocycles. The van der Waals surface area contributed by atoms with Crippen LogP contribution in [0.2, 0.25) is 0 Å². The fourth-order valence-electron chi connectivity index (χ4n) is 3.45. The van der Waals surface area contributed by atoms with E-state index in [2.05, 4.69) is 0 Å². The van der Waals surface area contributed by atoms with Crippen LogP contribution in [0.3, 0.4) is 0 Å². The van der Waals surface area contributed by atoms with Gasteiger partial charge in [0.1, 0.15) is 18.4 Å². The first-order chi connectivity index (χ1) is 11.0. The minimum atomic E-state index is -1.63. The largest absolute Gasteiger partial charge is 0.465 e. The summed E-state index contributed by atoms with van der Waals surface area (Å²) in [7, 11) is 0. The Bertz CT molecular complexity index is 511. The minimum absolute atomic E-state index is 0.159. The first-order valence-electron chi connectivity index (χ1n) is 8.28. The van der Waals surface area contributed by atoms with E-state index in [1.165, 1.54) is 0 Å². The lowest BCUT2D eigenvalue weighted by molar-refractivity contribution is -0.159.